The van der Waals surface area contributed by atoms with E-state index in [2.05, 4.69) is 6.58 Å². The van der Waals surface area contributed by atoms with Gasteiger partial charge in [0, 0.05) is 13.6 Å². The zero-order valence-corrected chi connectivity index (χ0v) is 12.5. The number of hydrogen-bond donors (Lipinski definition) is 1. The van der Waals surface area contributed by atoms with Crippen LogP contribution < -0.4 is 4.74 Å². The first-order chi connectivity index (χ1) is 10.6. The highest BCUT2D eigenvalue weighted by Crippen LogP contribution is 2.20. The minimum atomic E-state index is -0.974. The molecule has 0 spiro atoms. The molecule has 0 aliphatic rings. The highest BCUT2D eigenvalue weighted by Gasteiger charge is 2.09. The van der Waals surface area contributed by atoms with Crippen molar-refractivity contribution in [1.82, 2.24) is 4.90 Å². The van der Waals surface area contributed by atoms with E-state index in [1.165, 1.54) is 11.9 Å². The molecule has 0 radical (unpaired) electrons. The minimum Gasteiger partial charge on any atom is -0.489 e. The minimum absolute atomic E-state index is 0.261. The summed E-state index contributed by atoms with van der Waals surface area (Å²) in [5.74, 6) is 0.737. The average Bonchev–Trinajstić information content (AvgIpc) is 2.54. The quantitative estimate of drug-likeness (QED) is 0.880. The van der Waals surface area contributed by atoms with Crippen LogP contribution >= 0.6 is 0 Å². The normalized spacial score (nSPS) is 10.0. The molecule has 0 atom stereocenters. The number of benzene rings is 2. The molecule has 0 saturated carbocycles. The number of carboxylic acid groups (broad SMARTS) is 1. The van der Waals surface area contributed by atoms with Crippen LogP contribution in [-0.2, 0) is 6.61 Å². The lowest BCUT2D eigenvalue weighted by Crippen LogP contribution is -2.26. The van der Waals surface area contributed by atoms with Gasteiger partial charge in [-0.25, -0.2) is 4.79 Å². The molecule has 0 aromatic heterocycles. The highest BCUT2D eigenvalue weighted by molar-refractivity contribution is 5.71. The van der Waals surface area contributed by atoms with Gasteiger partial charge in [0.1, 0.15) is 12.4 Å². The fraction of sp³-hybridized carbons (Fsp3) is 0.167. The molecule has 1 N–H and O–H groups in total. The van der Waals surface area contributed by atoms with Gasteiger partial charge in [0.15, 0.2) is 0 Å². The molecule has 0 unspecified atom stereocenters. The van der Waals surface area contributed by atoms with Crippen molar-refractivity contribution in [3.05, 3.63) is 72.3 Å². The zero-order valence-electron chi connectivity index (χ0n) is 12.5. The van der Waals surface area contributed by atoms with Gasteiger partial charge in [-0.3, -0.25) is 0 Å². The molecule has 2 aromatic carbocycles. The first-order valence-corrected chi connectivity index (χ1v) is 6.95. The van der Waals surface area contributed by atoms with Crippen LogP contribution in [0.5, 0.6) is 5.75 Å². The van der Waals surface area contributed by atoms with Gasteiger partial charge in [-0.15, -0.1) is 0 Å². The van der Waals surface area contributed by atoms with Crippen molar-refractivity contribution < 1.29 is 14.6 Å². The van der Waals surface area contributed by atoms with Gasteiger partial charge in [0.25, 0.3) is 0 Å². The Bertz CT molecular complexity index is 652. The molecule has 0 heterocycles. The summed E-state index contributed by atoms with van der Waals surface area (Å²) in [6.45, 7) is 4.70. The Balaban J connectivity index is 2.00. The number of likely N-dealkylation sites (N-methyl/N-ethyl adjacent to an activating group) is 1. The largest absolute Gasteiger partial charge is 0.489 e. The molecular formula is C18H19NO3. The average molecular weight is 297 g/mol. The van der Waals surface area contributed by atoms with Crippen LogP contribution in [0.15, 0.2) is 61.2 Å². The van der Waals surface area contributed by atoms with E-state index >= 15 is 0 Å². The van der Waals surface area contributed by atoms with Crippen molar-refractivity contribution in [3.63, 3.8) is 0 Å². The van der Waals surface area contributed by atoms with Crippen LogP contribution in [0.3, 0.4) is 0 Å². The van der Waals surface area contributed by atoms with Gasteiger partial charge in [0.2, 0.25) is 0 Å². The van der Waals surface area contributed by atoms with Crippen LogP contribution in [0.2, 0.25) is 0 Å². The van der Waals surface area contributed by atoms with Crippen LogP contribution in [0, 0.1) is 0 Å². The first-order valence-electron chi connectivity index (χ1n) is 6.95. The fourth-order valence-corrected chi connectivity index (χ4v) is 1.99. The zero-order chi connectivity index (χ0) is 15.9. The molecular weight excluding hydrogens is 278 g/mol. The summed E-state index contributed by atoms with van der Waals surface area (Å²) in [5, 5.41) is 8.90. The van der Waals surface area contributed by atoms with E-state index in [-0.39, 0.29) is 6.54 Å². The monoisotopic (exact) mass is 297 g/mol. The molecule has 4 heteroatoms. The molecule has 2 aromatic rings. The molecule has 0 bridgehead atoms. The van der Waals surface area contributed by atoms with E-state index in [1.54, 1.807) is 0 Å². The van der Waals surface area contributed by atoms with Crippen molar-refractivity contribution in [3.8, 4) is 5.75 Å². The van der Waals surface area contributed by atoms with Gasteiger partial charge in [-0.05, 0) is 28.8 Å². The molecule has 4 nitrogen and oxygen atoms in total. The third-order valence-corrected chi connectivity index (χ3v) is 3.25. The van der Waals surface area contributed by atoms with E-state index in [1.807, 2.05) is 54.6 Å². The second-order valence-electron chi connectivity index (χ2n) is 5.04. The van der Waals surface area contributed by atoms with E-state index in [9.17, 15) is 4.79 Å². The van der Waals surface area contributed by atoms with Crippen molar-refractivity contribution in [2.24, 2.45) is 0 Å². The van der Waals surface area contributed by atoms with E-state index < -0.39 is 6.09 Å². The summed E-state index contributed by atoms with van der Waals surface area (Å²) in [6.07, 6.45) is -0.974. The predicted octanol–water partition coefficient (Wildman–Crippen LogP) is 3.89. The Kier molecular flexibility index (Phi) is 5.20. The Morgan fingerprint density at radius 2 is 1.91 bits per heavy atom. The molecule has 0 saturated heterocycles. The number of amides is 1. The molecule has 1 amide bonds. The van der Waals surface area contributed by atoms with Crippen molar-refractivity contribution >= 4 is 11.7 Å². The second kappa shape index (κ2) is 7.31. The predicted molar refractivity (Wildman–Crippen MR) is 86.9 cm³/mol. The second-order valence-corrected chi connectivity index (χ2v) is 5.04. The van der Waals surface area contributed by atoms with Gasteiger partial charge in [-0.2, -0.15) is 0 Å². The summed E-state index contributed by atoms with van der Waals surface area (Å²) in [6, 6.07) is 17.4. The van der Waals surface area contributed by atoms with Crippen LogP contribution in [-0.4, -0.2) is 29.7 Å². The number of hydrogen-bond acceptors (Lipinski definition) is 2. The smallest absolute Gasteiger partial charge is 0.407 e. The molecule has 114 valence electrons. The van der Waals surface area contributed by atoms with Crippen LogP contribution in [0.1, 0.15) is 11.1 Å². The third kappa shape index (κ3) is 4.38. The summed E-state index contributed by atoms with van der Waals surface area (Å²) in [5.41, 5.74) is 2.70. The Hall–Kier alpha value is -2.75. The fourth-order valence-electron chi connectivity index (χ4n) is 1.99. The maximum Gasteiger partial charge on any atom is 0.407 e. The topological polar surface area (TPSA) is 49.8 Å². The van der Waals surface area contributed by atoms with Gasteiger partial charge >= 0.3 is 6.09 Å². The standard InChI is InChI=1S/C18H19NO3/c1-14(12-19(2)18(20)21)16-9-6-10-17(11-16)22-13-15-7-4-3-5-8-15/h3-11H,1,12-13H2,2H3,(H,20,21). The third-order valence-electron chi connectivity index (χ3n) is 3.25. The maximum atomic E-state index is 10.9. The van der Waals surface area contributed by atoms with Crippen LogP contribution in [0.25, 0.3) is 5.57 Å². The van der Waals surface area contributed by atoms with Crippen molar-refractivity contribution in [1.29, 1.82) is 0 Å². The van der Waals surface area contributed by atoms with Crippen molar-refractivity contribution in [2.75, 3.05) is 13.6 Å². The van der Waals surface area contributed by atoms with Crippen molar-refractivity contribution in [2.45, 2.75) is 6.61 Å². The Labute approximate surface area is 130 Å². The van der Waals surface area contributed by atoms with Gasteiger partial charge in [0.05, 0.1) is 0 Å². The molecule has 22 heavy (non-hydrogen) atoms. The lowest BCUT2D eigenvalue weighted by atomic mass is 10.1. The first kappa shape index (κ1) is 15.6. The number of ether oxygens (including phenoxy) is 1. The molecule has 0 aliphatic carbocycles. The summed E-state index contributed by atoms with van der Waals surface area (Å²) in [7, 11) is 1.52. The summed E-state index contributed by atoms with van der Waals surface area (Å²) >= 11 is 0. The summed E-state index contributed by atoms with van der Waals surface area (Å²) < 4.78 is 5.76. The van der Waals surface area contributed by atoms with E-state index in [0.717, 1.165) is 22.4 Å². The van der Waals surface area contributed by atoms with E-state index in [0.29, 0.717) is 6.61 Å². The number of carbonyl (C=O) groups is 1. The molecule has 0 aliphatic heterocycles. The lowest BCUT2D eigenvalue weighted by molar-refractivity contribution is 0.161. The van der Waals surface area contributed by atoms with E-state index in [4.69, 9.17) is 9.84 Å². The number of nitrogens with zero attached hydrogens (tertiary/aromatic N) is 1. The van der Waals surface area contributed by atoms with Gasteiger partial charge in [-0.1, -0.05) is 49.0 Å². The van der Waals surface area contributed by atoms with Crippen LogP contribution in [0.4, 0.5) is 4.79 Å². The SMILES string of the molecule is C=C(CN(C)C(=O)O)c1cccc(OCc2ccccc2)c1. The van der Waals surface area contributed by atoms with Gasteiger partial charge < -0.3 is 14.7 Å². The highest BCUT2D eigenvalue weighted by atomic mass is 16.5. The summed E-state index contributed by atoms with van der Waals surface area (Å²) in [4.78, 5) is 12.0. The Morgan fingerprint density at radius 3 is 2.59 bits per heavy atom. The molecule has 0 fully saturated rings. The Morgan fingerprint density at radius 1 is 1.18 bits per heavy atom. The lowest BCUT2D eigenvalue weighted by Gasteiger charge is -2.15. The maximum absolute atomic E-state index is 10.9. The molecule has 2 rings (SSSR count). The number of rotatable bonds is 6.